The molecule has 0 fully saturated rings. The number of hydrogen-bond acceptors (Lipinski definition) is 1. The van der Waals surface area contributed by atoms with E-state index in [1.807, 2.05) is 0 Å². The molecular formula is C67H42N2. The molecule has 0 saturated carbocycles. The summed E-state index contributed by atoms with van der Waals surface area (Å²) in [6.07, 6.45) is 0. The summed E-state index contributed by atoms with van der Waals surface area (Å²) in [6, 6.07) is 95.1. The first-order chi connectivity index (χ1) is 34.3. The minimum absolute atomic E-state index is 0.493. The van der Waals surface area contributed by atoms with Crippen molar-refractivity contribution in [3.63, 3.8) is 0 Å². The number of hydrogen-bond donors (Lipinski definition) is 0. The number of benzene rings is 12. The maximum Gasteiger partial charge on any atom is 0.0726 e. The predicted molar refractivity (Wildman–Crippen MR) is 290 cm³/mol. The molecule has 15 rings (SSSR count). The molecule has 0 unspecified atom stereocenters. The molecule has 1 aromatic heterocycles. The van der Waals surface area contributed by atoms with Gasteiger partial charge in [0.25, 0.3) is 0 Å². The number of anilines is 3. The minimum atomic E-state index is -0.493. The zero-order valence-electron chi connectivity index (χ0n) is 37.6. The van der Waals surface area contributed by atoms with Gasteiger partial charge >= 0.3 is 0 Å². The van der Waals surface area contributed by atoms with E-state index in [4.69, 9.17) is 0 Å². The number of fused-ring (bicyclic) bond motifs is 19. The molecule has 320 valence electrons. The van der Waals surface area contributed by atoms with E-state index >= 15 is 0 Å². The third kappa shape index (κ3) is 5.15. The molecule has 13 aromatic rings. The number of nitrogens with zero attached hydrogens (tertiary/aromatic N) is 2. The normalized spacial score (nSPS) is 13.0. The quantitative estimate of drug-likeness (QED) is 0.156. The van der Waals surface area contributed by atoms with Gasteiger partial charge in [0.1, 0.15) is 0 Å². The van der Waals surface area contributed by atoms with Crippen LogP contribution in [0, 0.1) is 0 Å². The fourth-order valence-electron chi connectivity index (χ4n) is 12.7. The second kappa shape index (κ2) is 14.5. The van der Waals surface area contributed by atoms with Gasteiger partial charge in [-0.05, 0) is 126 Å². The van der Waals surface area contributed by atoms with E-state index in [-0.39, 0.29) is 0 Å². The van der Waals surface area contributed by atoms with Crippen molar-refractivity contribution in [2.75, 3.05) is 4.90 Å². The van der Waals surface area contributed by atoms with Gasteiger partial charge < -0.3 is 9.47 Å². The smallest absolute Gasteiger partial charge is 0.0726 e. The highest BCUT2D eigenvalue weighted by atomic mass is 15.1. The zero-order valence-corrected chi connectivity index (χ0v) is 37.6. The SMILES string of the molecule is c1ccc(-n2c3ccccc3c3c(-c4ccccc4N(c4ccc5c(c4)C4(c6ccccc6-c6ccccc64)c4ccccc4-5)c4cccc5c6ccccc6c6ccccc6c45)cccc32)cc1. The third-order valence-electron chi connectivity index (χ3n) is 15.4. The summed E-state index contributed by atoms with van der Waals surface area (Å²) in [5, 5.41) is 9.94. The lowest BCUT2D eigenvalue weighted by atomic mass is 9.70. The molecule has 2 aliphatic carbocycles. The van der Waals surface area contributed by atoms with E-state index in [2.05, 4.69) is 264 Å². The molecule has 2 heteroatoms. The summed E-state index contributed by atoms with van der Waals surface area (Å²) in [5.74, 6) is 0. The van der Waals surface area contributed by atoms with Gasteiger partial charge in [-0.1, -0.05) is 206 Å². The second-order valence-electron chi connectivity index (χ2n) is 18.6. The average Bonchev–Trinajstić information content (AvgIpc) is 4.03. The number of aromatic nitrogens is 1. The zero-order chi connectivity index (χ0) is 45.2. The van der Waals surface area contributed by atoms with Crippen molar-refractivity contribution in [1.29, 1.82) is 0 Å². The van der Waals surface area contributed by atoms with Crippen LogP contribution in [0.25, 0.3) is 93.2 Å². The number of rotatable bonds is 5. The van der Waals surface area contributed by atoms with E-state index in [0.717, 1.165) is 28.3 Å². The standard InChI is InChI=1S/C67H42N2/c1-2-20-43(21-3-1)68-62-37-17-12-30-56(62)66-55(32-19-39-64(66)68)52-28-11-16-36-61(52)69(63-38-18-31-54-47-23-5-4-22-45(47)46-24-6-7-29-53(46)65(54)63)44-40-41-51-50-27-10-15-35-59(50)67(60(51)42-44)57-33-13-8-25-48(57)49-26-9-14-34-58(49)67/h1-42H. The Labute approximate surface area is 400 Å². The largest absolute Gasteiger partial charge is 0.309 e. The predicted octanol–water partition coefficient (Wildman–Crippen LogP) is 17.7. The molecule has 0 aliphatic heterocycles. The van der Waals surface area contributed by atoms with E-state index in [9.17, 15) is 0 Å². The lowest BCUT2D eigenvalue weighted by Gasteiger charge is -2.33. The van der Waals surface area contributed by atoms with Gasteiger partial charge in [-0.3, -0.25) is 0 Å². The van der Waals surface area contributed by atoms with Gasteiger partial charge in [0.15, 0.2) is 0 Å². The van der Waals surface area contributed by atoms with Crippen LogP contribution in [-0.4, -0.2) is 4.57 Å². The highest BCUT2D eigenvalue weighted by Crippen LogP contribution is 2.63. The first-order valence-corrected chi connectivity index (χ1v) is 24.0. The molecule has 1 heterocycles. The van der Waals surface area contributed by atoms with Crippen LogP contribution in [0.5, 0.6) is 0 Å². The fourth-order valence-corrected chi connectivity index (χ4v) is 12.7. The van der Waals surface area contributed by atoms with Crippen LogP contribution >= 0.6 is 0 Å². The molecule has 0 atom stereocenters. The van der Waals surface area contributed by atoms with Gasteiger partial charge in [0.05, 0.1) is 27.8 Å². The molecular weight excluding hydrogens is 833 g/mol. The van der Waals surface area contributed by atoms with E-state index in [0.29, 0.717) is 0 Å². The average molecular weight is 875 g/mol. The van der Waals surface area contributed by atoms with Gasteiger partial charge in [0.2, 0.25) is 0 Å². The van der Waals surface area contributed by atoms with Crippen molar-refractivity contribution in [2.45, 2.75) is 5.41 Å². The lowest BCUT2D eigenvalue weighted by molar-refractivity contribution is 0.793. The lowest BCUT2D eigenvalue weighted by Crippen LogP contribution is -2.26. The van der Waals surface area contributed by atoms with Crippen LogP contribution in [0.3, 0.4) is 0 Å². The summed E-state index contributed by atoms with van der Waals surface area (Å²) >= 11 is 0. The van der Waals surface area contributed by atoms with Crippen molar-refractivity contribution < 1.29 is 0 Å². The Kier molecular flexibility index (Phi) is 8.02. The third-order valence-corrected chi connectivity index (χ3v) is 15.4. The first kappa shape index (κ1) is 38.2. The molecule has 1 spiro atoms. The Bertz CT molecular complexity index is 4160. The van der Waals surface area contributed by atoms with Crippen LogP contribution in [0.1, 0.15) is 22.3 Å². The molecule has 0 N–H and O–H groups in total. The van der Waals surface area contributed by atoms with E-state index in [1.54, 1.807) is 0 Å². The molecule has 0 radical (unpaired) electrons. The minimum Gasteiger partial charge on any atom is -0.309 e. The van der Waals surface area contributed by atoms with Crippen molar-refractivity contribution in [2.24, 2.45) is 0 Å². The molecule has 0 saturated heterocycles. The maximum atomic E-state index is 2.58. The van der Waals surface area contributed by atoms with Crippen LogP contribution in [0.4, 0.5) is 17.1 Å². The Balaban J connectivity index is 1.07. The van der Waals surface area contributed by atoms with Gasteiger partial charge in [-0.25, -0.2) is 0 Å². The summed E-state index contributed by atoms with van der Waals surface area (Å²) in [4.78, 5) is 2.58. The summed E-state index contributed by atoms with van der Waals surface area (Å²) in [6.45, 7) is 0. The summed E-state index contributed by atoms with van der Waals surface area (Å²) in [7, 11) is 0. The molecule has 0 bridgehead atoms. The van der Waals surface area contributed by atoms with E-state index < -0.39 is 5.41 Å². The first-order valence-electron chi connectivity index (χ1n) is 24.0. The van der Waals surface area contributed by atoms with Crippen LogP contribution in [0.15, 0.2) is 255 Å². The Morgan fingerprint density at radius 1 is 0.275 bits per heavy atom. The fraction of sp³-hybridized carbons (Fsp3) is 0.0149. The van der Waals surface area contributed by atoms with Gasteiger partial charge in [-0.2, -0.15) is 0 Å². The highest BCUT2D eigenvalue weighted by molar-refractivity contribution is 6.29. The highest BCUT2D eigenvalue weighted by Gasteiger charge is 2.51. The Hall–Kier alpha value is -8.98. The van der Waals surface area contributed by atoms with Crippen LogP contribution in [-0.2, 0) is 5.41 Å². The molecule has 0 amide bonds. The van der Waals surface area contributed by atoms with Crippen molar-refractivity contribution in [1.82, 2.24) is 4.57 Å². The summed E-state index contributed by atoms with van der Waals surface area (Å²) < 4.78 is 2.42. The Morgan fingerprint density at radius 2 is 0.725 bits per heavy atom. The molecule has 12 aromatic carbocycles. The monoisotopic (exact) mass is 874 g/mol. The Morgan fingerprint density at radius 3 is 1.39 bits per heavy atom. The van der Waals surface area contributed by atoms with Crippen molar-refractivity contribution in [3.8, 4) is 39.1 Å². The van der Waals surface area contributed by atoms with Crippen LogP contribution < -0.4 is 4.90 Å². The summed E-state index contributed by atoms with van der Waals surface area (Å²) in [5.41, 5.74) is 19.2. The molecule has 69 heavy (non-hydrogen) atoms. The maximum absolute atomic E-state index is 2.58. The van der Waals surface area contributed by atoms with Crippen molar-refractivity contribution in [3.05, 3.63) is 277 Å². The van der Waals surface area contributed by atoms with Crippen LogP contribution in [0.2, 0.25) is 0 Å². The molecule has 2 aliphatic rings. The van der Waals surface area contributed by atoms with E-state index in [1.165, 1.54) is 104 Å². The van der Waals surface area contributed by atoms with Gasteiger partial charge in [-0.15, -0.1) is 0 Å². The number of para-hydroxylation sites is 3. The van der Waals surface area contributed by atoms with Crippen molar-refractivity contribution >= 4 is 71.2 Å². The molecule has 2 nitrogen and oxygen atoms in total. The topological polar surface area (TPSA) is 8.17 Å². The second-order valence-corrected chi connectivity index (χ2v) is 18.6. The van der Waals surface area contributed by atoms with Gasteiger partial charge in [0, 0.05) is 33.1 Å².